The zero-order valence-corrected chi connectivity index (χ0v) is 9.21. The molecule has 0 spiro atoms. The second kappa shape index (κ2) is 5.52. The van der Waals surface area contributed by atoms with E-state index < -0.39 is 11.7 Å². The molecule has 0 aliphatic carbocycles. The van der Waals surface area contributed by atoms with Gasteiger partial charge in [0, 0.05) is 13.5 Å². The predicted octanol–water partition coefficient (Wildman–Crippen LogP) is 2.85. The van der Waals surface area contributed by atoms with Crippen LogP contribution < -0.4 is 5.32 Å². The number of halogens is 3. The molecule has 1 aromatic rings. The van der Waals surface area contributed by atoms with E-state index in [2.05, 4.69) is 5.32 Å². The molecule has 0 atom stereocenters. The number of carbonyl (C=O) groups is 1. The predicted molar refractivity (Wildman–Crippen MR) is 59.2 cm³/mol. The van der Waals surface area contributed by atoms with Crippen LogP contribution in [0, 0.1) is 0 Å². The standard InChI is InChI=1S/C12H12F3NO/c1-9(17)16-8-4-6-10-5-2-3-7-11(10)12(13,14)15/h2-7H,8H2,1H3,(H,16,17). The Hall–Kier alpha value is -1.78. The smallest absolute Gasteiger partial charge is 0.353 e. The summed E-state index contributed by atoms with van der Waals surface area (Å²) in [4.78, 5) is 10.6. The second-order valence-electron chi connectivity index (χ2n) is 3.42. The summed E-state index contributed by atoms with van der Waals surface area (Å²) in [5.41, 5.74) is -0.593. The fraction of sp³-hybridized carbons (Fsp3) is 0.250. The molecule has 0 fully saturated rings. The van der Waals surface area contributed by atoms with Gasteiger partial charge in [-0.15, -0.1) is 0 Å². The minimum atomic E-state index is -4.37. The Kier molecular flexibility index (Phi) is 4.31. The molecule has 17 heavy (non-hydrogen) atoms. The highest BCUT2D eigenvalue weighted by Crippen LogP contribution is 2.32. The Labute approximate surface area is 97.1 Å². The molecule has 0 bridgehead atoms. The molecule has 1 amide bonds. The van der Waals surface area contributed by atoms with Gasteiger partial charge < -0.3 is 5.32 Å². The summed E-state index contributed by atoms with van der Waals surface area (Å²) in [7, 11) is 0. The van der Waals surface area contributed by atoms with Crippen molar-refractivity contribution in [3.63, 3.8) is 0 Å². The van der Waals surface area contributed by atoms with Gasteiger partial charge in [0.15, 0.2) is 0 Å². The molecule has 1 aromatic carbocycles. The molecule has 0 radical (unpaired) electrons. The molecule has 0 unspecified atom stereocenters. The lowest BCUT2D eigenvalue weighted by atomic mass is 10.1. The third-order valence-electron chi connectivity index (χ3n) is 2.03. The molecule has 5 heteroatoms. The highest BCUT2D eigenvalue weighted by atomic mass is 19.4. The number of hydrogen-bond acceptors (Lipinski definition) is 1. The van der Waals surface area contributed by atoms with Crippen LogP contribution in [0.1, 0.15) is 18.1 Å². The van der Waals surface area contributed by atoms with E-state index in [1.807, 2.05) is 0 Å². The van der Waals surface area contributed by atoms with E-state index in [0.717, 1.165) is 6.07 Å². The van der Waals surface area contributed by atoms with Crippen LogP contribution in [0.15, 0.2) is 30.3 Å². The molecule has 92 valence electrons. The second-order valence-corrected chi connectivity index (χ2v) is 3.42. The van der Waals surface area contributed by atoms with Crippen molar-refractivity contribution in [1.29, 1.82) is 0 Å². The minimum Gasteiger partial charge on any atom is -0.353 e. The van der Waals surface area contributed by atoms with Crippen molar-refractivity contribution < 1.29 is 18.0 Å². The molecule has 0 saturated heterocycles. The summed E-state index contributed by atoms with van der Waals surface area (Å²) in [6.07, 6.45) is -1.54. The molecule has 0 aliphatic rings. The van der Waals surface area contributed by atoms with Gasteiger partial charge in [-0.3, -0.25) is 4.79 Å². The van der Waals surface area contributed by atoms with Crippen molar-refractivity contribution in [2.75, 3.05) is 6.54 Å². The fourth-order valence-corrected chi connectivity index (χ4v) is 1.29. The molecule has 0 heterocycles. The molecule has 1 N–H and O–H groups in total. The van der Waals surface area contributed by atoms with Crippen molar-refractivity contribution in [2.24, 2.45) is 0 Å². The third kappa shape index (κ3) is 4.30. The van der Waals surface area contributed by atoms with E-state index in [9.17, 15) is 18.0 Å². The lowest BCUT2D eigenvalue weighted by Crippen LogP contribution is -2.19. The van der Waals surface area contributed by atoms with Crippen molar-refractivity contribution in [3.8, 4) is 0 Å². The summed E-state index contributed by atoms with van der Waals surface area (Å²) in [5.74, 6) is -0.223. The molecular weight excluding hydrogens is 231 g/mol. The van der Waals surface area contributed by atoms with Gasteiger partial charge in [-0.05, 0) is 11.6 Å². The molecule has 0 aliphatic heterocycles. The summed E-state index contributed by atoms with van der Waals surface area (Å²) < 4.78 is 37.7. The maximum Gasteiger partial charge on any atom is 0.416 e. The first-order valence-electron chi connectivity index (χ1n) is 4.98. The first kappa shape index (κ1) is 13.3. The quantitative estimate of drug-likeness (QED) is 0.869. The molecule has 0 saturated carbocycles. The fourth-order valence-electron chi connectivity index (χ4n) is 1.29. The Morgan fingerprint density at radius 2 is 2.00 bits per heavy atom. The van der Waals surface area contributed by atoms with E-state index in [1.54, 1.807) is 0 Å². The first-order chi connectivity index (χ1) is 7.91. The van der Waals surface area contributed by atoms with Gasteiger partial charge in [0.25, 0.3) is 0 Å². The average molecular weight is 243 g/mol. The Bertz CT molecular complexity index is 424. The minimum absolute atomic E-state index is 0.0883. The highest BCUT2D eigenvalue weighted by Gasteiger charge is 2.32. The number of nitrogens with one attached hydrogen (secondary N) is 1. The van der Waals surface area contributed by atoms with Gasteiger partial charge in [0.05, 0.1) is 5.56 Å². The lowest BCUT2D eigenvalue weighted by molar-refractivity contribution is -0.137. The van der Waals surface area contributed by atoms with Crippen molar-refractivity contribution >= 4 is 12.0 Å². The molecular formula is C12H12F3NO. The molecule has 0 aromatic heterocycles. The molecule has 2 nitrogen and oxygen atoms in total. The van der Waals surface area contributed by atoms with Crippen LogP contribution in [0.2, 0.25) is 0 Å². The van der Waals surface area contributed by atoms with Crippen molar-refractivity contribution in [2.45, 2.75) is 13.1 Å². The lowest BCUT2D eigenvalue weighted by Gasteiger charge is -2.09. The van der Waals surface area contributed by atoms with Gasteiger partial charge in [-0.25, -0.2) is 0 Å². The SMILES string of the molecule is CC(=O)NCC=Cc1ccccc1C(F)(F)F. The van der Waals surface area contributed by atoms with Crippen molar-refractivity contribution in [3.05, 3.63) is 41.5 Å². The van der Waals surface area contributed by atoms with Gasteiger partial charge in [-0.1, -0.05) is 30.4 Å². The highest BCUT2D eigenvalue weighted by molar-refractivity contribution is 5.73. The van der Waals surface area contributed by atoms with Gasteiger partial charge >= 0.3 is 6.18 Å². The summed E-state index contributed by atoms with van der Waals surface area (Å²) in [6.45, 7) is 1.55. The van der Waals surface area contributed by atoms with Crippen LogP contribution in [-0.4, -0.2) is 12.5 Å². The summed E-state index contributed by atoms with van der Waals surface area (Å²) in [5, 5.41) is 2.47. The normalized spacial score (nSPS) is 11.8. The summed E-state index contributed by atoms with van der Waals surface area (Å²) in [6, 6.07) is 5.28. The van der Waals surface area contributed by atoms with Gasteiger partial charge in [0.2, 0.25) is 5.91 Å². The number of benzene rings is 1. The Balaban J connectivity index is 2.81. The Morgan fingerprint density at radius 1 is 1.35 bits per heavy atom. The van der Waals surface area contributed by atoms with E-state index in [1.165, 1.54) is 37.3 Å². The average Bonchev–Trinajstić information content (AvgIpc) is 2.23. The van der Waals surface area contributed by atoms with E-state index in [4.69, 9.17) is 0 Å². The Morgan fingerprint density at radius 3 is 2.59 bits per heavy atom. The van der Waals surface area contributed by atoms with Crippen LogP contribution in [-0.2, 0) is 11.0 Å². The van der Waals surface area contributed by atoms with E-state index in [-0.39, 0.29) is 18.0 Å². The zero-order chi connectivity index (χ0) is 12.9. The maximum absolute atomic E-state index is 12.6. The van der Waals surface area contributed by atoms with Crippen LogP contribution >= 0.6 is 0 Å². The van der Waals surface area contributed by atoms with Gasteiger partial charge in [-0.2, -0.15) is 13.2 Å². The number of amides is 1. The number of carbonyl (C=O) groups excluding carboxylic acids is 1. The van der Waals surface area contributed by atoms with E-state index in [0.29, 0.717) is 0 Å². The van der Waals surface area contributed by atoms with Gasteiger partial charge in [0.1, 0.15) is 0 Å². The van der Waals surface area contributed by atoms with Crippen LogP contribution in [0.3, 0.4) is 0 Å². The monoisotopic (exact) mass is 243 g/mol. The largest absolute Gasteiger partial charge is 0.416 e. The third-order valence-corrected chi connectivity index (χ3v) is 2.03. The van der Waals surface area contributed by atoms with Crippen LogP contribution in [0.5, 0.6) is 0 Å². The number of hydrogen-bond donors (Lipinski definition) is 1. The first-order valence-corrected chi connectivity index (χ1v) is 4.98. The number of rotatable bonds is 3. The maximum atomic E-state index is 12.6. The van der Waals surface area contributed by atoms with Crippen LogP contribution in [0.4, 0.5) is 13.2 Å². The topological polar surface area (TPSA) is 29.1 Å². The van der Waals surface area contributed by atoms with Crippen LogP contribution in [0.25, 0.3) is 6.08 Å². The van der Waals surface area contributed by atoms with Crippen molar-refractivity contribution in [1.82, 2.24) is 5.32 Å². The number of alkyl halides is 3. The van der Waals surface area contributed by atoms with E-state index >= 15 is 0 Å². The summed E-state index contributed by atoms with van der Waals surface area (Å²) >= 11 is 0. The zero-order valence-electron chi connectivity index (χ0n) is 9.21. The molecule has 1 rings (SSSR count).